The quantitative estimate of drug-likeness (QED) is 0.773. The molecule has 0 unspecified atom stereocenters. The highest BCUT2D eigenvalue weighted by molar-refractivity contribution is 6.38. The van der Waals surface area contributed by atoms with Crippen molar-refractivity contribution < 1.29 is 4.42 Å². The molecule has 84 valence electrons. The van der Waals surface area contributed by atoms with Gasteiger partial charge in [-0.25, -0.2) is 0 Å². The van der Waals surface area contributed by atoms with E-state index in [1.54, 1.807) is 19.1 Å². The van der Waals surface area contributed by atoms with Crippen LogP contribution in [0.4, 0.5) is 0 Å². The van der Waals surface area contributed by atoms with E-state index in [1.165, 1.54) is 0 Å². The number of rotatable bonds is 1. The Morgan fingerprint density at radius 2 is 2.00 bits per heavy atom. The maximum absolute atomic E-state index is 12.0. The molecule has 0 N–H and O–H groups in total. The van der Waals surface area contributed by atoms with Gasteiger partial charge in [0.15, 0.2) is 11.0 Å². The lowest BCUT2D eigenvalue weighted by molar-refractivity contribution is 0.537. The van der Waals surface area contributed by atoms with E-state index in [0.29, 0.717) is 38.8 Å². The third-order valence-corrected chi connectivity index (χ3v) is 3.06. The Morgan fingerprint density at radius 3 is 2.62 bits per heavy atom. The first-order valence-electron chi connectivity index (χ1n) is 4.96. The van der Waals surface area contributed by atoms with E-state index in [9.17, 15) is 4.79 Å². The maximum Gasteiger partial charge on any atom is 0.195 e. The van der Waals surface area contributed by atoms with Crippen LogP contribution in [0.1, 0.15) is 18.2 Å². The third kappa shape index (κ3) is 1.72. The first-order valence-corrected chi connectivity index (χ1v) is 5.71. The monoisotopic (exact) mass is 256 g/mol. The lowest BCUT2D eigenvalue weighted by Gasteiger charge is -2.06. The Bertz CT molecular complexity index is 614. The zero-order chi connectivity index (χ0) is 11.9. The van der Waals surface area contributed by atoms with Gasteiger partial charge in [-0.3, -0.25) is 4.79 Å². The average molecular weight is 257 g/mol. The zero-order valence-corrected chi connectivity index (χ0v) is 10.4. The first kappa shape index (κ1) is 11.5. The van der Waals surface area contributed by atoms with E-state index in [2.05, 4.69) is 0 Å². The van der Waals surface area contributed by atoms with Gasteiger partial charge in [-0.15, -0.1) is 0 Å². The summed E-state index contributed by atoms with van der Waals surface area (Å²) in [5.41, 5.74) is 0.967. The Morgan fingerprint density at radius 1 is 1.31 bits per heavy atom. The molecule has 0 fully saturated rings. The SMILES string of the molecule is CCc1oc2c(Cl)cc(Cl)cc2c(=O)c1C. The van der Waals surface area contributed by atoms with Gasteiger partial charge in [0.2, 0.25) is 0 Å². The van der Waals surface area contributed by atoms with Crippen LogP contribution < -0.4 is 5.43 Å². The number of fused-ring (bicyclic) bond motifs is 1. The summed E-state index contributed by atoms with van der Waals surface area (Å²) in [4.78, 5) is 12.0. The predicted octanol–water partition coefficient (Wildman–Crippen LogP) is 3.97. The molecule has 1 aromatic carbocycles. The molecule has 0 saturated heterocycles. The average Bonchev–Trinajstić information content (AvgIpc) is 2.24. The summed E-state index contributed by atoms with van der Waals surface area (Å²) in [6, 6.07) is 3.16. The Hall–Kier alpha value is -0.990. The molecule has 2 nitrogen and oxygen atoms in total. The van der Waals surface area contributed by atoms with E-state index in [1.807, 2.05) is 6.92 Å². The van der Waals surface area contributed by atoms with Gasteiger partial charge in [-0.2, -0.15) is 0 Å². The topological polar surface area (TPSA) is 30.2 Å². The highest BCUT2D eigenvalue weighted by Crippen LogP contribution is 2.27. The van der Waals surface area contributed by atoms with Crippen LogP contribution in [0.3, 0.4) is 0 Å². The van der Waals surface area contributed by atoms with Crippen molar-refractivity contribution in [3.05, 3.63) is 43.7 Å². The van der Waals surface area contributed by atoms with Crippen molar-refractivity contribution in [3.8, 4) is 0 Å². The van der Waals surface area contributed by atoms with Gasteiger partial charge in [0, 0.05) is 17.0 Å². The highest BCUT2D eigenvalue weighted by atomic mass is 35.5. The molecule has 4 heteroatoms. The molecule has 1 heterocycles. The van der Waals surface area contributed by atoms with Gasteiger partial charge >= 0.3 is 0 Å². The first-order chi connectivity index (χ1) is 7.54. The summed E-state index contributed by atoms with van der Waals surface area (Å²) in [6.07, 6.45) is 0.663. The molecule has 2 aromatic rings. The molecule has 16 heavy (non-hydrogen) atoms. The molecule has 0 bridgehead atoms. The minimum absolute atomic E-state index is 0.0671. The summed E-state index contributed by atoms with van der Waals surface area (Å²) in [5, 5.41) is 1.25. The molecule has 1 aromatic heterocycles. The van der Waals surface area contributed by atoms with E-state index in [4.69, 9.17) is 27.6 Å². The van der Waals surface area contributed by atoms with Gasteiger partial charge in [0.05, 0.1) is 10.4 Å². The maximum atomic E-state index is 12.0. The van der Waals surface area contributed by atoms with E-state index in [-0.39, 0.29) is 5.43 Å². The van der Waals surface area contributed by atoms with Crippen molar-refractivity contribution in [1.82, 2.24) is 0 Å². The molecule has 0 atom stereocenters. The van der Waals surface area contributed by atoms with Gasteiger partial charge in [0.25, 0.3) is 0 Å². The highest BCUT2D eigenvalue weighted by Gasteiger charge is 2.12. The van der Waals surface area contributed by atoms with Crippen molar-refractivity contribution in [3.63, 3.8) is 0 Å². The second-order valence-corrected chi connectivity index (χ2v) is 4.44. The Balaban J connectivity index is 2.99. The second-order valence-electron chi connectivity index (χ2n) is 3.60. The number of benzene rings is 1. The second kappa shape index (κ2) is 4.11. The van der Waals surface area contributed by atoms with Crippen molar-refractivity contribution in [2.24, 2.45) is 0 Å². The van der Waals surface area contributed by atoms with Crippen LogP contribution in [0.5, 0.6) is 0 Å². The van der Waals surface area contributed by atoms with Crippen molar-refractivity contribution >= 4 is 34.2 Å². The normalized spacial score (nSPS) is 11.0. The summed E-state index contributed by atoms with van der Waals surface area (Å²) in [6.45, 7) is 3.68. The predicted molar refractivity (Wildman–Crippen MR) is 66.6 cm³/mol. The standard InChI is InChI=1S/C12H10Cl2O2/c1-3-10-6(2)11(15)8-4-7(13)5-9(14)12(8)16-10/h4-5H,3H2,1-2H3. The van der Waals surface area contributed by atoms with Crippen molar-refractivity contribution in [2.45, 2.75) is 20.3 Å². The van der Waals surface area contributed by atoms with Crippen LogP contribution in [0, 0.1) is 6.92 Å². The van der Waals surface area contributed by atoms with Gasteiger partial charge in [0.1, 0.15) is 5.76 Å². The van der Waals surface area contributed by atoms with Gasteiger partial charge in [-0.1, -0.05) is 30.1 Å². The van der Waals surface area contributed by atoms with Gasteiger partial charge < -0.3 is 4.42 Å². The van der Waals surface area contributed by atoms with E-state index in [0.717, 1.165) is 0 Å². The fourth-order valence-electron chi connectivity index (χ4n) is 1.70. The Labute approximate surface area is 103 Å². The third-order valence-electron chi connectivity index (χ3n) is 2.56. The largest absolute Gasteiger partial charge is 0.459 e. The fourth-order valence-corrected chi connectivity index (χ4v) is 2.23. The molecule has 0 aliphatic carbocycles. The summed E-state index contributed by atoms with van der Waals surface area (Å²) in [5.74, 6) is 0.668. The van der Waals surface area contributed by atoms with Gasteiger partial charge in [-0.05, 0) is 19.1 Å². The summed E-state index contributed by atoms with van der Waals surface area (Å²) >= 11 is 11.9. The van der Waals surface area contributed by atoms with Crippen LogP contribution in [0.2, 0.25) is 10.0 Å². The van der Waals surface area contributed by atoms with Crippen molar-refractivity contribution in [1.29, 1.82) is 0 Å². The van der Waals surface area contributed by atoms with Crippen LogP contribution in [0.25, 0.3) is 11.0 Å². The minimum Gasteiger partial charge on any atom is -0.459 e. The fraction of sp³-hybridized carbons (Fsp3) is 0.250. The summed E-state index contributed by atoms with van der Waals surface area (Å²) in [7, 11) is 0. The molecule has 2 rings (SSSR count). The summed E-state index contributed by atoms with van der Waals surface area (Å²) < 4.78 is 5.62. The molecule has 0 saturated carbocycles. The molecule has 0 aliphatic heterocycles. The number of aryl methyl sites for hydroxylation is 1. The van der Waals surface area contributed by atoms with Crippen molar-refractivity contribution in [2.75, 3.05) is 0 Å². The van der Waals surface area contributed by atoms with Crippen LogP contribution in [-0.4, -0.2) is 0 Å². The number of hydrogen-bond donors (Lipinski definition) is 0. The van der Waals surface area contributed by atoms with E-state index >= 15 is 0 Å². The lowest BCUT2D eigenvalue weighted by Crippen LogP contribution is -2.08. The van der Waals surface area contributed by atoms with Crippen LogP contribution in [0.15, 0.2) is 21.3 Å². The molecule has 0 radical (unpaired) electrons. The van der Waals surface area contributed by atoms with Crippen LogP contribution >= 0.6 is 23.2 Å². The lowest BCUT2D eigenvalue weighted by atomic mass is 10.1. The molecule has 0 aliphatic rings. The Kier molecular flexibility index (Phi) is 2.96. The zero-order valence-electron chi connectivity index (χ0n) is 8.93. The molecule has 0 amide bonds. The number of hydrogen-bond acceptors (Lipinski definition) is 2. The molecular weight excluding hydrogens is 247 g/mol. The number of halogens is 2. The minimum atomic E-state index is -0.0671. The smallest absolute Gasteiger partial charge is 0.195 e. The van der Waals surface area contributed by atoms with Crippen LogP contribution in [-0.2, 0) is 6.42 Å². The molecular formula is C12H10Cl2O2. The molecule has 0 spiro atoms. The van der Waals surface area contributed by atoms with E-state index < -0.39 is 0 Å².